The molecule has 0 radical (unpaired) electrons. The van der Waals surface area contributed by atoms with Gasteiger partial charge in [0.1, 0.15) is 0 Å². The van der Waals surface area contributed by atoms with Gasteiger partial charge < -0.3 is 4.90 Å². The molecule has 1 aromatic carbocycles. The standard InChI is InChI=1S/C22H28N2O3S2/c25-21(24(18-9-4-5-10-18)19-12-14-29(26,27)16-19)15-23-22(20-11-6-13-28-20)17-7-2-1-3-8-17/h1-3,6-8,11,13,18-19,22-23H,4-5,9-10,12,14-16H2/t19-,22+/m1/s1. The van der Waals surface area contributed by atoms with Crippen LogP contribution < -0.4 is 5.32 Å². The smallest absolute Gasteiger partial charge is 0.237 e. The first-order valence-corrected chi connectivity index (χ1v) is 13.1. The van der Waals surface area contributed by atoms with Crippen LogP contribution in [0.5, 0.6) is 0 Å². The Bertz CT molecular complexity index is 907. The highest BCUT2D eigenvalue weighted by molar-refractivity contribution is 7.91. The Kier molecular flexibility index (Phi) is 6.37. The largest absolute Gasteiger partial charge is 0.335 e. The second-order valence-electron chi connectivity index (χ2n) is 8.04. The maximum absolute atomic E-state index is 13.3. The molecule has 2 heterocycles. The van der Waals surface area contributed by atoms with Crippen molar-refractivity contribution in [3.8, 4) is 0 Å². The molecule has 1 amide bonds. The summed E-state index contributed by atoms with van der Waals surface area (Å²) in [5, 5.41) is 5.50. The highest BCUT2D eigenvalue weighted by atomic mass is 32.2. The van der Waals surface area contributed by atoms with E-state index in [9.17, 15) is 13.2 Å². The van der Waals surface area contributed by atoms with Crippen molar-refractivity contribution in [2.45, 2.75) is 50.2 Å². The van der Waals surface area contributed by atoms with Crippen LogP contribution in [0.3, 0.4) is 0 Å². The van der Waals surface area contributed by atoms with Crippen LogP contribution in [0.1, 0.15) is 48.6 Å². The Morgan fingerprint density at radius 1 is 1.07 bits per heavy atom. The summed E-state index contributed by atoms with van der Waals surface area (Å²) >= 11 is 1.67. The lowest BCUT2D eigenvalue weighted by Crippen LogP contribution is -2.50. The minimum absolute atomic E-state index is 0.0245. The maximum atomic E-state index is 13.3. The molecule has 5 nitrogen and oxygen atoms in total. The number of amides is 1. The van der Waals surface area contributed by atoms with Gasteiger partial charge in [-0.1, -0.05) is 49.2 Å². The third-order valence-corrected chi connectivity index (χ3v) is 8.71. The quantitative estimate of drug-likeness (QED) is 0.728. The van der Waals surface area contributed by atoms with Crippen LogP contribution in [0.4, 0.5) is 0 Å². The van der Waals surface area contributed by atoms with E-state index in [2.05, 4.69) is 23.5 Å². The summed E-state index contributed by atoms with van der Waals surface area (Å²) in [6.07, 6.45) is 4.76. The zero-order valence-corrected chi connectivity index (χ0v) is 18.1. The van der Waals surface area contributed by atoms with Gasteiger partial charge in [0, 0.05) is 17.0 Å². The molecule has 0 bridgehead atoms. The maximum Gasteiger partial charge on any atom is 0.237 e. The summed E-state index contributed by atoms with van der Waals surface area (Å²) in [7, 11) is -3.03. The molecule has 1 aliphatic heterocycles. The molecule has 1 aromatic heterocycles. The van der Waals surface area contributed by atoms with Gasteiger partial charge in [-0.25, -0.2) is 8.42 Å². The average molecular weight is 433 g/mol. The Labute approximate surface area is 177 Å². The number of hydrogen-bond acceptors (Lipinski definition) is 5. The van der Waals surface area contributed by atoms with E-state index in [0.29, 0.717) is 6.42 Å². The SMILES string of the molecule is O=C(CN[C@@H](c1ccccc1)c1cccs1)N(C1CCCC1)[C@@H]1CCS(=O)(=O)C1. The second-order valence-corrected chi connectivity index (χ2v) is 11.2. The molecule has 0 unspecified atom stereocenters. The van der Waals surface area contributed by atoms with Gasteiger partial charge in [-0.3, -0.25) is 10.1 Å². The van der Waals surface area contributed by atoms with Crippen LogP contribution in [0.15, 0.2) is 47.8 Å². The van der Waals surface area contributed by atoms with Crippen molar-refractivity contribution in [2.75, 3.05) is 18.1 Å². The van der Waals surface area contributed by atoms with Crippen molar-refractivity contribution in [1.82, 2.24) is 10.2 Å². The summed E-state index contributed by atoms with van der Waals surface area (Å²) in [4.78, 5) is 16.4. The van der Waals surface area contributed by atoms with E-state index in [1.807, 2.05) is 34.5 Å². The van der Waals surface area contributed by atoms with Gasteiger partial charge in [-0.2, -0.15) is 0 Å². The Morgan fingerprint density at radius 3 is 2.45 bits per heavy atom. The van der Waals surface area contributed by atoms with Gasteiger partial charge >= 0.3 is 0 Å². The predicted molar refractivity (Wildman–Crippen MR) is 117 cm³/mol. The van der Waals surface area contributed by atoms with Crippen LogP contribution in [-0.2, 0) is 14.6 Å². The van der Waals surface area contributed by atoms with Gasteiger partial charge in [0.15, 0.2) is 9.84 Å². The molecule has 29 heavy (non-hydrogen) atoms. The summed E-state index contributed by atoms with van der Waals surface area (Å²) < 4.78 is 24.1. The molecule has 7 heteroatoms. The molecule has 156 valence electrons. The molecule has 1 saturated heterocycles. The lowest BCUT2D eigenvalue weighted by atomic mass is 10.1. The molecule has 2 aliphatic rings. The van der Waals surface area contributed by atoms with Crippen LogP contribution in [0.2, 0.25) is 0 Å². The molecule has 1 saturated carbocycles. The zero-order chi connectivity index (χ0) is 20.3. The third-order valence-electron chi connectivity index (χ3n) is 6.03. The number of benzene rings is 1. The van der Waals surface area contributed by atoms with E-state index in [1.165, 1.54) is 4.88 Å². The fourth-order valence-corrected chi connectivity index (χ4v) is 7.19. The van der Waals surface area contributed by atoms with Gasteiger partial charge in [-0.15, -0.1) is 11.3 Å². The monoisotopic (exact) mass is 432 g/mol. The lowest BCUT2D eigenvalue weighted by Gasteiger charge is -2.34. The molecule has 2 atom stereocenters. The zero-order valence-electron chi connectivity index (χ0n) is 16.5. The highest BCUT2D eigenvalue weighted by Gasteiger charge is 2.39. The Hall–Kier alpha value is -1.70. The normalized spacial score (nSPS) is 22.6. The fourth-order valence-electron chi connectivity index (χ4n) is 4.65. The summed E-state index contributed by atoms with van der Waals surface area (Å²) in [6.45, 7) is 0.213. The Morgan fingerprint density at radius 2 is 1.83 bits per heavy atom. The van der Waals surface area contributed by atoms with E-state index in [-0.39, 0.29) is 42.1 Å². The van der Waals surface area contributed by atoms with Crippen molar-refractivity contribution in [3.05, 3.63) is 58.3 Å². The second kappa shape index (κ2) is 8.98. The van der Waals surface area contributed by atoms with E-state index in [1.54, 1.807) is 11.3 Å². The topological polar surface area (TPSA) is 66.5 Å². The first kappa shape index (κ1) is 20.6. The van der Waals surface area contributed by atoms with Crippen molar-refractivity contribution in [1.29, 1.82) is 0 Å². The van der Waals surface area contributed by atoms with Gasteiger partial charge in [0.05, 0.1) is 24.1 Å². The minimum Gasteiger partial charge on any atom is -0.335 e. The van der Waals surface area contributed by atoms with E-state index in [0.717, 1.165) is 31.2 Å². The van der Waals surface area contributed by atoms with Crippen LogP contribution in [0, 0.1) is 0 Å². The van der Waals surface area contributed by atoms with Crippen molar-refractivity contribution in [3.63, 3.8) is 0 Å². The van der Waals surface area contributed by atoms with Crippen molar-refractivity contribution in [2.24, 2.45) is 0 Å². The molecular formula is C22H28N2O3S2. The molecule has 4 rings (SSSR count). The number of nitrogens with zero attached hydrogens (tertiary/aromatic N) is 1. The summed E-state index contributed by atoms with van der Waals surface area (Å²) in [5.41, 5.74) is 1.12. The predicted octanol–water partition coefficient (Wildman–Crippen LogP) is 3.39. The number of thiophene rings is 1. The lowest BCUT2D eigenvalue weighted by molar-refractivity contribution is -0.134. The summed E-state index contributed by atoms with van der Waals surface area (Å²) in [6, 6.07) is 14.2. The first-order valence-electron chi connectivity index (χ1n) is 10.4. The van der Waals surface area contributed by atoms with Crippen LogP contribution >= 0.6 is 11.3 Å². The molecule has 1 N–H and O–H groups in total. The molecule has 0 spiro atoms. The number of carbonyl (C=O) groups is 1. The van der Waals surface area contributed by atoms with E-state index >= 15 is 0 Å². The third kappa shape index (κ3) is 4.90. The highest BCUT2D eigenvalue weighted by Crippen LogP contribution is 2.30. The number of hydrogen-bond donors (Lipinski definition) is 1. The number of sulfone groups is 1. The number of rotatable bonds is 7. The van der Waals surface area contributed by atoms with Gasteiger partial charge in [-0.05, 0) is 36.3 Å². The van der Waals surface area contributed by atoms with Crippen LogP contribution in [0.25, 0.3) is 0 Å². The van der Waals surface area contributed by atoms with Crippen molar-refractivity contribution < 1.29 is 13.2 Å². The average Bonchev–Trinajstić information content (AvgIpc) is 3.46. The Balaban J connectivity index is 1.50. The molecular weight excluding hydrogens is 404 g/mol. The van der Waals surface area contributed by atoms with Gasteiger partial charge in [0.2, 0.25) is 5.91 Å². The van der Waals surface area contributed by atoms with E-state index < -0.39 is 9.84 Å². The number of carbonyl (C=O) groups excluding carboxylic acids is 1. The van der Waals surface area contributed by atoms with Crippen LogP contribution in [-0.4, -0.2) is 49.4 Å². The van der Waals surface area contributed by atoms with Gasteiger partial charge in [0.25, 0.3) is 0 Å². The minimum atomic E-state index is -3.03. The molecule has 2 fully saturated rings. The fraction of sp³-hybridized carbons (Fsp3) is 0.500. The number of nitrogens with one attached hydrogen (secondary N) is 1. The van der Waals surface area contributed by atoms with Crippen molar-refractivity contribution >= 4 is 27.1 Å². The summed E-state index contributed by atoms with van der Waals surface area (Å²) in [5.74, 6) is 0.336. The molecule has 2 aromatic rings. The first-order chi connectivity index (χ1) is 14.0. The molecule has 1 aliphatic carbocycles. The van der Waals surface area contributed by atoms with E-state index in [4.69, 9.17) is 0 Å².